The molecule has 0 radical (unpaired) electrons. The highest BCUT2D eigenvalue weighted by Gasteiger charge is 2.28. The summed E-state index contributed by atoms with van der Waals surface area (Å²) in [6.45, 7) is 7.85. The maximum Gasteiger partial charge on any atom is 0.275 e. The number of carbonyl (C=O) groups excluding carboxylic acids is 3. The molecule has 4 aromatic rings. The molecule has 5 rings (SSSR count). The molecule has 0 aromatic carbocycles. The predicted molar refractivity (Wildman–Crippen MR) is 167 cm³/mol. The fraction of sp³-hybridized carbons (Fsp3) is 0.452. The minimum absolute atomic E-state index is 0.00245. The van der Waals surface area contributed by atoms with Crippen LogP contribution in [-0.2, 0) is 9.53 Å². The lowest BCUT2D eigenvalue weighted by atomic mass is 9.93. The van der Waals surface area contributed by atoms with Crippen molar-refractivity contribution < 1.29 is 27.9 Å². The molecule has 4 aromatic heterocycles. The Morgan fingerprint density at radius 3 is 2.54 bits per heavy atom. The normalized spacial score (nSPS) is 17.2. The molecule has 1 aliphatic rings. The summed E-state index contributed by atoms with van der Waals surface area (Å²) < 4.78 is 37.5. The van der Waals surface area contributed by atoms with Gasteiger partial charge in [-0.3, -0.25) is 19.1 Å². The van der Waals surface area contributed by atoms with E-state index in [-0.39, 0.29) is 46.7 Å². The van der Waals surface area contributed by atoms with Crippen molar-refractivity contribution in [2.24, 2.45) is 5.92 Å². The summed E-state index contributed by atoms with van der Waals surface area (Å²) in [7, 11) is 0. The zero-order valence-electron chi connectivity index (χ0n) is 26.0. The van der Waals surface area contributed by atoms with Crippen molar-refractivity contribution in [3.8, 4) is 22.0 Å². The molecule has 1 saturated carbocycles. The highest BCUT2D eigenvalue weighted by atomic mass is 32.1. The van der Waals surface area contributed by atoms with Gasteiger partial charge in [-0.05, 0) is 57.1 Å². The number of thiazole rings is 1. The molecule has 244 valence electrons. The molecule has 46 heavy (non-hydrogen) atoms. The Morgan fingerprint density at radius 2 is 1.85 bits per heavy atom. The third kappa shape index (κ3) is 7.70. The molecule has 1 fully saturated rings. The average molecular weight is 655 g/mol. The zero-order chi connectivity index (χ0) is 33.0. The largest absolute Gasteiger partial charge is 0.379 e. The lowest BCUT2D eigenvalue weighted by Gasteiger charge is -2.28. The number of amides is 2. The van der Waals surface area contributed by atoms with E-state index in [4.69, 9.17) is 4.74 Å². The second-order valence-electron chi connectivity index (χ2n) is 11.6. The molecule has 0 aliphatic heterocycles. The fourth-order valence-electron chi connectivity index (χ4n) is 5.49. The summed E-state index contributed by atoms with van der Waals surface area (Å²) >= 11 is 1.17. The molecule has 12 nitrogen and oxygen atoms in total. The molecule has 2 N–H and O–H groups in total. The van der Waals surface area contributed by atoms with Crippen LogP contribution in [0.25, 0.3) is 22.0 Å². The molecule has 1 atom stereocenters. The number of pyridine rings is 1. The van der Waals surface area contributed by atoms with Gasteiger partial charge in [-0.1, -0.05) is 13.8 Å². The number of halogens is 2. The van der Waals surface area contributed by atoms with Gasteiger partial charge < -0.3 is 15.4 Å². The minimum Gasteiger partial charge on any atom is -0.379 e. The van der Waals surface area contributed by atoms with Crippen LogP contribution in [0.1, 0.15) is 81.1 Å². The van der Waals surface area contributed by atoms with Crippen molar-refractivity contribution in [3.05, 3.63) is 53.6 Å². The van der Waals surface area contributed by atoms with Gasteiger partial charge in [-0.2, -0.15) is 14.6 Å². The average Bonchev–Trinajstić information content (AvgIpc) is 3.78. The third-order valence-corrected chi connectivity index (χ3v) is 8.50. The number of rotatable bonds is 11. The molecule has 2 amide bonds. The number of nitrogens with zero attached hydrogens (tertiary/aromatic N) is 6. The lowest BCUT2D eigenvalue weighted by molar-refractivity contribution is -0.119. The van der Waals surface area contributed by atoms with E-state index in [1.807, 2.05) is 20.8 Å². The molecular weight excluding hydrogens is 618 g/mol. The van der Waals surface area contributed by atoms with Gasteiger partial charge in [0, 0.05) is 36.9 Å². The highest BCUT2D eigenvalue weighted by molar-refractivity contribution is 7.13. The first-order valence-electron chi connectivity index (χ1n) is 15.2. The molecule has 15 heteroatoms. The lowest BCUT2D eigenvalue weighted by Crippen LogP contribution is -2.43. The van der Waals surface area contributed by atoms with Gasteiger partial charge in [-0.15, -0.1) is 11.3 Å². The Hall–Kier alpha value is -4.37. The first kappa shape index (κ1) is 33.0. The number of ether oxygens (including phenoxy) is 1. The number of carbonyl (C=O) groups is 3. The molecule has 1 aliphatic carbocycles. The summed E-state index contributed by atoms with van der Waals surface area (Å²) in [5.41, 5.74) is 0.422. The fourth-order valence-corrected chi connectivity index (χ4v) is 6.27. The Balaban J connectivity index is 1.36. The van der Waals surface area contributed by atoms with Crippen molar-refractivity contribution in [1.82, 2.24) is 34.8 Å². The maximum atomic E-state index is 14.8. The van der Waals surface area contributed by atoms with E-state index in [1.165, 1.54) is 30.7 Å². The molecule has 0 spiro atoms. The van der Waals surface area contributed by atoms with E-state index in [9.17, 15) is 23.2 Å². The van der Waals surface area contributed by atoms with Crippen molar-refractivity contribution in [2.45, 2.75) is 78.0 Å². The third-order valence-electron chi connectivity index (χ3n) is 7.61. The Labute approximate surface area is 268 Å². The number of nitrogens with one attached hydrogen (secondary N) is 2. The van der Waals surface area contributed by atoms with Gasteiger partial charge in [0.1, 0.15) is 28.1 Å². The van der Waals surface area contributed by atoms with Crippen LogP contribution in [0.2, 0.25) is 0 Å². The van der Waals surface area contributed by atoms with Crippen LogP contribution >= 0.6 is 11.3 Å². The van der Waals surface area contributed by atoms with Crippen LogP contribution in [0, 0.1) is 17.7 Å². The van der Waals surface area contributed by atoms with Gasteiger partial charge in [0.2, 0.25) is 11.9 Å². The summed E-state index contributed by atoms with van der Waals surface area (Å²) in [4.78, 5) is 46.3. The number of aromatic nitrogens is 6. The van der Waals surface area contributed by atoms with Gasteiger partial charge in [0.15, 0.2) is 5.82 Å². The quantitative estimate of drug-likeness (QED) is 0.202. The number of anilines is 1. The van der Waals surface area contributed by atoms with Gasteiger partial charge in [0.05, 0.1) is 24.0 Å². The second-order valence-corrected chi connectivity index (χ2v) is 12.5. The maximum absolute atomic E-state index is 14.8. The van der Waals surface area contributed by atoms with Gasteiger partial charge >= 0.3 is 0 Å². The second kappa shape index (κ2) is 14.4. The molecule has 0 unspecified atom stereocenters. The monoisotopic (exact) mass is 654 g/mol. The standard InChI is InChI=1S/C31H36F2N8O4S/c1-5-45-21-8-6-20(7-9-21)40-15-24(28(39-40)27-22(32)10-11-26(33)38-27)36-29(43)25-16-46-30(37-25)19-13-34-41(14-19)31(44)23(12-17(2)3)35-18(4)42/h10-11,13-17,20-21,23H,5-9,12H2,1-4H3,(H,35,42)(H,36,43)/t20-,21-,23-/m0/s1. The Bertz CT molecular complexity index is 1710. The van der Waals surface area contributed by atoms with Gasteiger partial charge in [0.25, 0.3) is 11.8 Å². The van der Waals surface area contributed by atoms with Crippen molar-refractivity contribution >= 4 is 34.7 Å². The van der Waals surface area contributed by atoms with Crippen LogP contribution in [0.4, 0.5) is 14.5 Å². The van der Waals surface area contributed by atoms with Crippen LogP contribution in [-0.4, -0.2) is 66.0 Å². The SMILES string of the molecule is CCO[C@H]1CC[C@H](n2cc(NC(=O)c3csc(-c4cnn(C(=O)[C@H](CC(C)C)NC(C)=O)c4)n3)c(-c3nc(F)ccc3F)n2)CC1. The van der Waals surface area contributed by atoms with Crippen LogP contribution in [0.3, 0.4) is 0 Å². The van der Waals surface area contributed by atoms with Crippen LogP contribution < -0.4 is 10.6 Å². The minimum atomic E-state index is -0.878. The van der Waals surface area contributed by atoms with Crippen molar-refractivity contribution in [1.29, 1.82) is 0 Å². The van der Waals surface area contributed by atoms with Gasteiger partial charge in [-0.25, -0.2) is 19.0 Å². The van der Waals surface area contributed by atoms with Crippen LogP contribution in [0.5, 0.6) is 0 Å². The van der Waals surface area contributed by atoms with E-state index in [2.05, 4.69) is 30.8 Å². The van der Waals surface area contributed by atoms with Crippen molar-refractivity contribution in [3.63, 3.8) is 0 Å². The first-order valence-corrected chi connectivity index (χ1v) is 16.1. The van der Waals surface area contributed by atoms with Crippen LogP contribution in [0.15, 0.2) is 36.1 Å². The molecular formula is C31H36F2N8O4S. The first-order chi connectivity index (χ1) is 22.0. The summed E-state index contributed by atoms with van der Waals surface area (Å²) in [5.74, 6) is -2.80. The van der Waals surface area contributed by atoms with E-state index in [0.29, 0.717) is 23.6 Å². The summed E-state index contributed by atoms with van der Waals surface area (Å²) in [6.07, 6.45) is 8.38. The van der Waals surface area contributed by atoms with E-state index in [0.717, 1.165) is 42.5 Å². The number of hydrogen-bond donors (Lipinski definition) is 2. The smallest absolute Gasteiger partial charge is 0.275 e. The van der Waals surface area contributed by atoms with Crippen molar-refractivity contribution in [2.75, 3.05) is 11.9 Å². The number of hydrogen-bond acceptors (Lipinski definition) is 9. The summed E-state index contributed by atoms with van der Waals surface area (Å²) in [6, 6.07) is 1.12. The summed E-state index contributed by atoms with van der Waals surface area (Å²) in [5, 5.41) is 16.1. The van der Waals surface area contributed by atoms with E-state index < -0.39 is 29.6 Å². The Morgan fingerprint density at radius 1 is 1.09 bits per heavy atom. The zero-order valence-corrected chi connectivity index (χ0v) is 26.8. The topological polar surface area (TPSA) is 146 Å². The predicted octanol–water partition coefficient (Wildman–Crippen LogP) is 5.51. The Kier molecular flexibility index (Phi) is 10.3. The molecule has 0 bridgehead atoms. The highest BCUT2D eigenvalue weighted by Crippen LogP contribution is 2.34. The van der Waals surface area contributed by atoms with E-state index >= 15 is 0 Å². The molecule has 0 saturated heterocycles. The molecule has 4 heterocycles. The van der Waals surface area contributed by atoms with E-state index in [1.54, 1.807) is 16.3 Å².